The number of para-hydroxylation sites is 1. The molecular weight excluding hydrogens is 508 g/mol. The van der Waals surface area contributed by atoms with E-state index in [1.54, 1.807) is 51.1 Å². The highest BCUT2D eigenvalue weighted by molar-refractivity contribution is 7.86. The SMILES string of the molecule is COC(=O)C(C(OS(C)(=O)=O)c1ccccc1)C1c2c(c3ccccc3n2C)CCN1C(=O)OC(C)(C)C. The van der Waals surface area contributed by atoms with E-state index in [0.717, 1.165) is 22.7 Å². The molecule has 0 saturated heterocycles. The zero-order valence-electron chi connectivity index (χ0n) is 22.5. The van der Waals surface area contributed by atoms with E-state index in [1.807, 2.05) is 35.9 Å². The van der Waals surface area contributed by atoms with Crippen LogP contribution < -0.4 is 0 Å². The van der Waals surface area contributed by atoms with Crippen molar-refractivity contribution >= 4 is 33.1 Å². The maximum Gasteiger partial charge on any atom is 0.410 e. The number of aryl methyl sites for hydroxylation is 1. The third kappa shape index (κ3) is 5.56. The normalized spacial score (nSPS) is 17.5. The van der Waals surface area contributed by atoms with E-state index in [-0.39, 0.29) is 6.54 Å². The van der Waals surface area contributed by atoms with Crippen LogP contribution in [-0.4, -0.2) is 55.5 Å². The van der Waals surface area contributed by atoms with E-state index in [4.69, 9.17) is 13.7 Å². The average molecular weight is 543 g/mol. The van der Waals surface area contributed by atoms with Crippen LogP contribution in [0.25, 0.3) is 10.9 Å². The summed E-state index contributed by atoms with van der Waals surface area (Å²) in [7, 11) is -0.917. The van der Waals surface area contributed by atoms with Crippen molar-refractivity contribution in [2.24, 2.45) is 13.0 Å². The first kappa shape index (κ1) is 27.7. The Hall–Kier alpha value is -3.37. The number of amides is 1. The van der Waals surface area contributed by atoms with Crippen molar-refractivity contribution < 1.29 is 31.7 Å². The predicted molar refractivity (Wildman–Crippen MR) is 143 cm³/mol. The number of esters is 1. The number of ether oxygens (including phenoxy) is 2. The van der Waals surface area contributed by atoms with Gasteiger partial charge in [-0.25, -0.2) is 4.79 Å². The minimum Gasteiger partial charge on any atom is -0.469 e. The van der Waals surface area contributed by atoms with Crippen LogP contribution in [0.2, 0.25) is 0 Å². The summed E-state index contributed by atoms with van der Waals surface area (Å²) >= 11 is 0. The minimum atomic E-state index is -4.02. The summed E-state index contributed by atoms with van der Waals surface area (Å²) in [4.78, 5) is 28.7. The van der Waals surface area contributed by atoms with Crippen molar-refractivity contribution in [3.8, 4) is 0 Å². The Bertz CT molecular complexity index is 1440. The van der Waals surface area contributed by atoms with Crippen molar-refractivity contribution in [2.75, 3.05) is 19.9 Å². The molecule has 0 bridgehead atoms. The predicted octanol–water partition coefficient (Wildman–Crippen LogP) is 4.52. The molecule has 0 aliphatic carbocycles. The van der Waals surface area contributed by atoms with E-state index in [2.05, 4.69) is 0 Å². The summed E-state index contributed by atoms with van der Waals surface area (Å²) in [6.07, 6.45) is -0.411. The Kier molecular flexibility index (Phi) is 7.58. The third-order valence-corrected chi connectivity index (χ3v) is 7.21. The summed E-state index contributed by atoms with van der Waals surface area (Å²) < 4.78 is 43.5. The molecule has 0 radical (unpaired) electrons. The van der Waals surface area contributed by atoms with Crippen LogP contribution in [0.1, 0.15) is 49.7 Å². The molecule has 3 unspecified atom stereocenters. The second-order valence-electron chi connectivity index (χ2n) is 10.5. The molecule has 0 N–H and O–H groups in total. The smallest absolute Gasteiger partial charge is 0.410 e. The first-order valence-corrected chi connectivity index (χ1v) is 14.2. The molecule has 1 aliphatic heterocycles. The van der Waals surface area contributed by atoms with Crippen LogP contribution in [0.3, 0.4) is 0 Å². The molecule has 2 aromatic carbocycles. The molecule has 204 valence electrons. The average Bonchev–Trinajstić information content (AvgIpc) is 3.14. The molecule has 10 heteroatoms. The van der Waals surface area contributed by atoms with Gasteiger partial charge in [-0.2, -0.15) is 8.42 Å². The van der Waals surface area contributed by atoms with Crippen molar-refractivity contribution in [1.82, 2.24) is 9.47 Å². The number of nitrogens with zero attached hydrogens (tertiary/aromatic N) is 2. The van der Waals surface area contributed by atoms with Gasteiger partial charge < -0.3 is 14.0 Å². The van der Waals surface area contributed by atoms with E-state index >= 15 is 0 Å². The van der Waals surface area contributed by atoms with Crippen LogP contribution >= 0.6 is 0 Å². The molecule has 0 spiro atoms. The lowest BCUT2D eigenvalue weighted by Gasteiger charge is -2.42. The van der Waals surface area contributed by atoms with Gasteiger partial charge in [-0.3, -0.25) is 13.9 Å². The molecule has 1 aliphatic rings. The van der Waals surface area contributed by atoms with Gasteiger partial charge in [0.1, 0.15) is 17.6 Å². The lowest BCUT2D eigenvalue weighted by Crippen LogP contribution is -2.49. The van der Waals surface area contributed by atoms with Crippen molar-refractivity contribution in [3.63, 3.8) is 0 Å². The van der Waals surface area contributed by atoms with Gasteiger partial charge >= 0.3 is 12.1 Å². The quantitative estimate of drug-likeness (QED) is 0.333. The molecule has 2 heterocycles. The van der Waals surface area contributed by atoms with Crippen LogP contribution in [0.15, 0.2) is 54.6 Å². The summed E-state index contributed by atoms with van der Waals surface area (Å²) in [5, 5.41) is 1.00. The van der Waals surface area contributed by atoms with Gasteiger partial charge in [-0.15, -0.1) is 0 Å². The Morgan fingerprint density at radius 2 is 1.66 bits per heavy atom. The van der Waals surface area contributed by atoms with E-state index in [0.29, 0.717) is 17.7 Å². The third-order valence-electron chi connectivity index (χ3n) is 6.65. The van der Waals surface area contributed by atoms with E-state index in [9.17, 15) is 18.0 Å². The second kappa shape index (κ2) is 10.4. The van der Waals surface area contributed by atoms with Gasteiger partial charge in [0.05, 0.1) is 19.4 Å². The summed E-state index contributed by atoms with van der Waals surface area (Å²) in [5.41, 5.74) is 2.29. The Labute approximate surface area is 223 Å². The molecule has 3 aromatic rings. The van der Waals surface area contributed by atoms with E-state index < -0.39 is 45.8 Å². The number of fused-ring (bicyclic) bond motifs is 3. The molecule has 1 amide bonds. The Morgan fingerprint density at radius 1 is 1.03 bits per heavy atom. The van der Waals surface area contributed by atoms with Gasteiger partial charge in [-0.05, 0) is 44.4 Å². The lowest BCUT2D eigenvalue weighted by molar-refractivity contribution is -0.152. The van der Waals surface area contributed by atoms with Crippen LogP contribution in [-0.2, 0) is 42.0 Å². The number of carbonyl (C=O) groups excluding carboxylic acids is 2. The minimum absolute atomic E-state index is 0.258. The molecule has 38 heavy (non-hydrogen) atoms. The molecule has 3 atom stereocenters. The number of methoxy groups -OCH3 is 1. The van der Waals surface area contributed by atoms with Crippen LogP contribution in [0, 0.1) is 5.92 Å². The lowest BCUT2D eigenvalue weighted by atomic mass is 9.82. The highest BCUT2D eigenvalue weighted by Crippen LogP contribution is 2.46. The highest BCUT2D eigenvalue weighted by Gasteiger charge is 2.49. The second-order valence-corrected chi connectivity index (χ2v) is 12.1. The molecule has 4 rings (SSSR count). The molecule has 0 fully saturated rings. The topological polar surface area (TPSA) is 104 Å². The fourth-order valence-electron chi connectivity index (χ4n) is 5.25. The van der Waals surface area contributed by atoms with Crippen molar-refractivity contribution in [3.05, 3.63) is 71.4 Å². The standard InChI is InChI=1S/C28H34N2O7S/c1-28(2,3)36-27(32)30-17-16-20-19-14-10-11-15-21(19)29(4)23(20)24(30)22(26(31)35-5)25(37-38(6,33)34)18-12-8-7-9-13-18/h7-15,22,24-25H,16-17H2,1-6H3. The number of hydrogen-bond donors (Lipinski definition) is 0. The summed E-state index contributed by atoms with van der Waals surface area (Å²) in [6.45, 7) is 5.56. The maximum atomic E-state index is 13.6. The number of benzene rings is 2. The molecule has 9 nitrogen and oxygen atoms in total. The van der Waals surface area contributed by atoms with Gasteiger partial charge in [0.25, 0.3) is 10.1 Å². The van der Waals surface area contributed by atoms with E-state index in [1.165, 1.54) is 12.0 Å². The van der Waals surface area contributed by atoms with Gasteiger partial charge in [0, 0.05) is 30.2 Å². The molecule has 0 saturated carbocycles. The van der Waals surface area contributed by atoms with Gasteiger partial charge in [0.15, 0.2) is 0 Å². The number of hydrogen-bond acceptors (Lipinski definition) is 7. The first-order chi connectivity index (χ1) is 17.8. The zero-order valence-corrected chi connectivity index (χ0v) is 23.3. The molecule has 1 aromatic heterocycles. The van der Waals surface area contributed by atoms with Gasteiger partial charge in [-0.1, -0.05) is 48.5 Å². The van der Waals surface area contributed by atoms with Gasteiger partial charge in [0.2, 0.25) is 0 Å². The van der Waals surface area contributed by atoms with Crippen LogP contribution in [0.5, 0.6) is 0 Å². The molecular formula is C28H34N2O7S. The summed E-state index contributed by atoms with van der Waals surface area (Å²) in [5.74, 6) is -1.94. The number of rotatable bonds is 6. The fourth-order valence-corrected chi connectivity index (χ4v) is 5.85. The highest BCUT2D eigenvalue weighted by atomic mass is 32.2. The number of carbonyl (C=O) groups is 2. The zero-order chi connectivity index (χ0) is 27.8. The van der Waals surface area contributed by atoms with Crippen molar-refractivity contribution in [2.45, 2.75) is 44.9 Å². The first-order valence-electron chi connectivity index (χ1n) is 12.4. The number of aromatic nitrogens is 1. The Balaban J connectivity index is 2.00. The van der Waals surface area contributed by atoms with Crippen molar-refractivity contribution in [1.29, 1.82) is 0 Å². The summed E-state index contributed by atoms with van der Waals surface area (Å²) in [6, 6.07) is 15.5. The maximum absolute atomic E-state index is 13.6. The fraction of sp³-hybridized carbons (Fsp3) is 0.429. The Morgan fingerprint density at radius 3 is 2.26 bits per heavy atom. The largest absolute Gasteiger partial charge is 0.469 e. The monoisotopic (exact) mass is 542 g/mol. The van der Waals surface area contributed by atoms with Crippen LogP contribution in [0.4, 0.5) is 4.79 Å².